The molecule has 1 N–H and O–H groups in total. The normalized spacial score (nSPS) is 10.2. The predicted octanol–water partition coefficient (Wildman–Crippen LogP) is -0.0520. The number of nitrogens with one attached hydrogen (secondary N) is 1. The molecule has 0 aliphatic heterocycles. The average molecular weight is 178 g/mol. The van der Waals surface area contributed by atoms with E-state index in [1.165, 1.54) is 4.80 Å². The number of H-pyrrole nitrogens is 1. The van der Waals surface area contributed by atoms with Gasteiger partial charge < -0.3 is 0 Å². The van der Waals surface area contributed by atoms with Crippen LogP contribution < -0.4 is 10.6 Å². The molecule has 5 heteroatoms. The standard InChI is InChI=1S/C8H7N3O2/c1-6-3-2-4-7(5-6)11-9-8(12)13-10-11/h2-5H,1H3/p+1. The summed E-state index contributed by atoms with van der Waals surface area (Å²) in [6, 6.07) is 7.55. The summed E-state index contributed by atoms with van der Waals surface area (Å²) in [5.74, 6) is -0.568. The van der Waals surface area contributed by atoms with Gasteiger partial charge >= 0.3 is 5.76 Å². The third-order valence-corrected chi connectivity index (χ3v) is 1.65. The first-order chi connectivity index (χ1) is 6.25. The van der Waals surface area contributed by atoms with Gasteiger partial charge in [-0.25, -0.2) is 9.32 Å². The van der Waals surface area contributed by atoms with Crippen molar-refractivity contribution in [3.8, 4) is 5.69 Å². The van der Waals surface area contributed by atoms with Crippen molar-refractivity contribution in [1.82, 2.24) is 10.4 Å². The van der Waals surface area contributed by atoms with E-state index >= 15 is 0 Å². The first-order valence-electron chi connectivity index (χ1n) is 3.81. The van der Waals surface area contributed by atoms with Gasteiger partial charge in [-0.15, -0.1) is 0 Å². The summed E-state index contributed by atoms with van der Waals surface area (Å²) in [6.45, 7) is 1.96. The van der Waals surface area contributed by atoms with Crippen LogP contribution in [0.1, 0.15) is 5.56 Å². The highest BCUT2D eigenvalue weighted by Crippen LogP contribution is 2.00. The molecule has 2 rings (SSSR count). The molecule has 0 fully saturated rings. The summed E-state index contributed by atoms with van der Waals surface area (Å²) in [5, 5.41) is 5.90. The van der Waals surface area contributed by atoms with Gasteiger partial charge in [0.2, 0.25) is 5.27 Å². The van der Waals surface area contributed by atoms with E-state index in [0.717, 1.165) is 11.3 Å². The van der Waals surface area contributed by atoms with Crippen molar-refractivity contribution < 1.29 is 9.32 Å². The maximum Gasteiger partial charge on any atom is 0.493 e. The van der Waals surface area contributed by atoms with Crippen LogP contribution in [0, 0.1) is 6.92 Å². The highest BCUT2D eigenvalue weighted by Gasteiger charge is 2.11. The van der Waals surface area contributed by atoms with Crippen LogP contribution in [0.3, 0.4) is 0 Å². The molecule has 0 saturated heterocycles. The van der Waals surface area contributed by atoms with Crippen LogP contribution in [0.4, 0.5) is 0 Å². The first-order valence-corrected chi connectivity index (χ1v) is 3.81. The van der Waals surface area contributed by atoms with Crippen LogP contribution in [0.25, 0.3) is 5.69 Å². The van der Waals surface area contributed by atoms with E-state index in [-0.39, 0.29) is 0 Å². The van der Waals surface area contributed by atoms with Crippen molar-refractivity contribution in [2.45, 2.75) is 6.92 Å². The smallest absolute Gasteiger partial charge is 0.239 e. The number of aryl methyl sites for hydroxylation is 1. The molecular formula is C8H8N3O2+. The fourth-order valence-corrected chi connectivity index (χ4v) is 1.08. The van der Waals surface area contributed by atoms with Crippen molar-refractivity contribution in [2.75, 3.05) is 0 Å². The Labute approximate surface area is 73.6 Å². The number of aromatic nitrogens is 3. The van der Waals surface area contributed by atoms with Gasteiger partial charge in [0, 0.05) is 12.1 Å². The Hall–Kier alpha value is -1.91. The first kappa shape index (κ1) is 7.72. The maximum absolute atomic E-state index is 10.6. The van der Waals surface area contributed by atoms with Crippen LogP contribution in [0.2, 0.25) is 0 Å². The minimum Gasteiger partial charge on any atom is -0.239 e. The molecule has 0 saturated carbocycles. The van der Waals surface area contributed by atoms with Crippen LogP contribution in [-0.2, 0) is 0 Å². The van der Waals surface area contributed by atoms with E-state index in [2.05, 4.69) is 14.9 Å². The fourth-order valence-electron chi connectivity index (χ4n) is 1.08. The molecule has 0 bridgehead atoms. The summed E-state index contributed by atoms with van der Waals surface area (Å²) in [7, 11) is 0. The molecule has 0 atom stereocenters. The third kappa shape index (κ3) is 1.48. The molecule has 66 valence electrons. The van der Waals surface area contributed by atoms with Crippen LogP contribution in [0.5, 0.6) is 0 Å². The van der Waals surface area contributed by atoms with E-state index in [9.17, 15) is 4.79 Å². The van der Waals surface area contributed by atoms with Gasteiger partial charge in [0.25, 0.3) is 5.69 Å². The lowest BCUT2D eigenvalue weighted by Gasteiger charge is -1.88. The van der Waals surface area contributed by atoms with E-state index in [4.69, 9.17) is 0 Å². The quantitative estimate of drug-likeness (QED) is 0.622. The Morgan fingerprint density at radius 3 is 3.00 bits per heavy atom. The van der Waals surface area contributed by atoms with Crippen molar-refractivity contribution in [2.24, 2.45) is 0 Å². The zero-order valence-electron chi connectivity index (χ0n) is 7.02. The molecule has 0 aliphatic rings. The topological polar surface area (TPSA) is 62.8 Å². The third-order valence-electron chi connectivity index (χ3n) is 1.65. The van der Waals surface area contributed by atoms with Crippen molar-refractivity contribution in [3.05, 3.63) is 40.4 Å². The Bertz CT molecular complexity index is 472. The second-order valence-corrected chi connectivity index (χ2v) is 2.72. The SMILES string of the molecule is Cc1cccc(-[n+]2noc(=O)[nH]2)c1. The number of benzene rings is 1. The number of nitrogens with zero attached hydrogens (tertiary/aromatic N) is 2. The summed E-state index contributed by atoms with van der Waals surface area (Å²) in [4.78, 5) is 11.9. The molecule has 0 spiro atoms. The molecule has 1 aromatic carbocycles. The molecule has 0 aliphatic carbocycles. The Kier molecular flexibility index (Phi) is 1.70. The van der Waals surface area contributed by atoms with Gasteiger partial charge in [0.15, 0.2) is 0 Å². The molecular weight excluding hydrogens is 170 g/mol. The van der Waals surface area contributed by atoms with Crippen molar-refractivity contribution >= 4 is 0 Å². The maximum atomic E-state index is 10.6. The van der Waals surface area contributed by atoms with Crippen molar-refractivity contribution in [3.63, 3.8) is 0 Å². The molecule has 13 heavy (non-hydrogen) atoms. The number of hydrogen-bond acceptors (Lipinski definition) is 3. The highest BCUT2D eigenvalue weighted by atomic mass is 16.5. The van der Waals surface area contributed by atoms with Gasteiger partial charge in [0.05, 0.1) is 4.80 Å². The minimum atomic E-state index is -0.568. The van der Waals surface area contributed by atoms with E-state index < -0.39 is 5.76 Å². The number of rotatable bonds is 1. The molecule has 0 radical (unpaired) electrons. The highest BCUT2D eigenvalue weighted by molar-refractivity contribution is 5.26. The summed E-state index contributed by atoms with van der Waals surface area (Å²) in [6.07, 6.45) is 0. The molecule has 5 nitrogen and oxygen atoms in total. The van der Waals surface area contributed by atoms with Crippen LogP contribution >= 0.6 is 0 Å². The number of aromatic amines is 1. The van der Waals surface area contributed by atoms with Gasteiger partial charge in [-0.3, -0.25) is 0 Å². The lowest BCUT2D eigenvalue weighted by molar-refractivity contribution is -0.725. The summed E-state index contributed by atoms with van der Waals surface area (Å²) in [5.41, 5.74) is 1.86. The number of hydrogen-bond donors (Lipinski definition) is 1. The Morgan fingerprint density at radius 2 is 2.38 bits per heavy atom. The second kappa shape index (κ2) is 2.85. The average Bonchev–Trinajstić information content (AvgIpc) is 2.52. The molecule has 2 aromatic rings. The van der Waals surface area contributed by atoms with E-state index in [1.54, 1.807) is 0 Å². The van der Waals surface area contributed by atoms with E-state index in [0.29, 0.717) is 0 Å². The molecule has 0 unspecified atom stereocenters. The second-order valence-electron chi connectivity index (χ2n) is 2.72. The van der Waals surface area contributed by atoms with Gasteiger partial charge in [0.1, 0.15) is 0 Å². The zero-order valence-corrected chi connectivity index (χ0v) is 7.02. The predicted molar refractivity (Wildman–Crippen MR) is 43.4 cm³/mol. The van der Waals surface area contributed by atoms with Gasteiger partial charge in [-0.05, 0) is 12.5 Å². The molecule has 1 heterocycles. The largest absolute Gasteiger partial charge is 0.493 e. The Balaban J connectivity index is 2.52. The fraction of sp³-hybridized carbons (Fsp3) is 0.125. The Morgan fingerprint density at radius 1 is 1.54 bits per heavy atom. The monoisotopic (exact) mass is 178 g/mol. The van der Waals surface area contributed by atoms with Gasteiger partial charge in [-0.1, -0.05) is 17.2 Å². The van der Waals surface area contributed by atoms with Gasteiger partial charge in [-0.2, -0.15) is 0 Å². The van der Waals surface area contributed by atoms with Crippen LogP contribution in [-0.4, -0.2) is 10.4 Å². The van der Waals surface area contributed by atoms with Crippen LogP contribution in [0.15, 0.2) is 33.6 Å². The molecule has 0 amide bonds. The lowest BCUT2D eigenvalue weighted by atomic mass is 10.2. The lowest BCUT2D eigenvalue weighted by Crippen LogP contribution is -2.37. The summed E-state index contributed by atoms with van der Waals surface area (Å²) < 4.78 is 4.36. The van der Waals surface area contributed by atoms with Crippen molar-refractivity contribution in [1.29, 1.82) is 0 Å². The minimum absolute atomic E-state index is 0.568. The zero-order chi connectivity index (χ0) is 9.26. The molecule has 1 aromatic heterocycles. The van der Waals surface area contributed by atoms with E-state index in [1.807, 2.05) is 31.2 Å². The summed E-state index contributed by atoms with van der Waals surface area (Å²) >= 11 is 0.